The Labute approximate surface area is 145 Å². The minimum atomic E-state index is -0.890. The zero-order valence-corrected chi connectivity index (χ0v) is 15.6. The van der Waals surface area contributed by atoms with Gasteiger partial charge in [0, 0.05) is 16.7 Å². The maximum absolute atomic E-state index is 12.6. The van der Waals surface area contributed by atoms with E-state index in [1.807, 2.05) is 6.92 Å². The van der Waals surface area contributed by atoms with Gasteiger partial charge in [-0.25, -0.2) is 9.59 Å². The van der Waals surface area contributed by atoms with E-state index in [0.717, 1.165) is 10.4 Å². The number of hydrogen-bond donors (Lipinski definition) is 1. The Kier molecular flexibility index (Phi) is 5.03. The number of anilines is 1. The second-order valence-electron chi connectivity index (χ2n) is 7.07. The van der Waals surface area contributed by atoms with Gasteiger partial charge in [-0.1, -0.05) is 20.8 Å². The summed E-state index contributed by atoms with van der Waals surface area (Å²) in [7, 11) is 0. The molecule has 1 saturated heterocycles. The van der Waals surface area contributed by atoms with Crippen molar-refractivity contribution in [2.24, 2.45) is 5.41 Å². The van der Waals surface area contributed by atoms with Gasteiger partial charge in [0.1, 0.15) is 11.1 Å². The first-order valence-electron chi connectivity index (χ1n) is 7.83. The standard InChI is InChI=1S/C17H23NO5S/c1-8-7-11(14(19)22-8)23-15(20)12-9(2)10(3)24-13(12)18-16(21)17(4,5)6/h8,11H,7H2,1-6H3,(H,18,21). The quantitative estimate of drug-likeness (QED) is 0.844. The van der Waals surface area contributed by atoms with E-state index in [2.05, 4.69) is 5.32 Å². The second-order valence-corrected chi connectivity index (χ2v) is 8.29. The monoisotopic (exact) mass is 353 g/mol. The molecule has 2 unspecified atom stereocenters. The van der Waals surface area contributed by atoms with Crippen LogP contribution in [0.3, 0.4) is 0 Å². The van der Waals surface area contributed by atoms with E-state index < -0.39 is 23.5 Å². The first kappa shape index (κ1) is 18.4. The highest BCUT2D eigenvalue weighted by Crippen LogP contribution is 2.35. The van der Waals surface area contributed by atoms with Crippen molar-refractivity contribution in [1.82, 2.24) is 0 Å². The van der Waals surface area contributed by atoms with Crippen molar-refractivity contribution in [3.05, 3.63) is 16.0 Å². The molecule has 1 fully saturated rings. The van der Waals surface area contributed by atoms with Gasteiger partial charge in [-0.15, -0.1) is 11.3 Å². The van der Waals surface area contributed by atoms with Crippen molar-refractivity contribution in [2.45, 2.75) is 60.2 Å². The van der Waals surface area contributed by atoms with Crippen molar-refractivity contribution in [3.63, 3.8) is 0 Å². The van der Waals surface area contributed by atoms with Gasteiger partial charge in [0.05, 0.1) is 5.56 Å². The van der Waals surface area contributed by atoms with E-state index in [-0.39, 0.29) is 12.0 Å². The molecule has 1 aromatic rings. The van der Waals surface area contributed by atoms with Crippen LogP contribution < -0.4 is 5.32 Å². The minimum Gasteiger partial charge on any atom is -0.460 e. The summed E-state index contributed by atoms with van der Waals surface area (Å²) < 4.78 is 10.3. The Morgan fingerprint density at radius 2 is 1.92 bits per heavy atom. The second kappa shape index (κ2) is 6.55. The largest absolute Gasteiger partial charge is 0.460 e. The predicted molar refractivity (Wildman–Crippen MR) is 91.3 cm³/mol. The molecule has 7 heteroatoms. The van der Waals surface area contributed by atoms with Crippen LogP contribution in [-0.2, 0) is 19.1 Å². The van der Waals surface area contributed by atoms with Crippen LogP contribution in [0.1, 0.15) is 54.9 Å². The number of thiophene rings is 1. The molecule has 1 aliphatic heterocycles. The highest BCUT2D eigenvalue weighted by molar-refractivity contribution is 7.16. The highest BCUT2D eigenvalue weighted by Gasteiger charge is 2.36. The normalized spacial score (nSPS) is 20.7. The number of rotatable bonds is 3. The van der Waals surface area contributed by atoms with E-state index in [4.69, 9.17) is 9.47 Å². The first-order valence-corrected chi connectivity index (χ1v) is 8.65. The number of nitrogens with one attached hydrogen (secondary N) is 1. The number of esters is 2. The maximum Gasteiger partial charge on any atom is 0.347 e. The number of carbonyl (C=O) groups excluding carboxylic acids is 3. The van der Waals surface area contributed by atoms with Gasteiger partial charge in [-0.05, 0) is 26.3 Å². The number of carbonyl (C=O) groups is 3. The van der Waals surface area contributed by atoms with Crippen LogP contribution in [0.15, 0.2) is 0 Å². The van der Waals surface area contributed by atoms with Gasteiger partial charge < -0.3 is 14.8 Å². The van der Waals surface area contributed by atoms with E-state index in [1.54, 1.807) is 34.6 Å². The topological polar surface area (TPSA) is 81.7 Å². The third-order valence-electron chi connectivity index (χ3n) is 3.87. The first-order chi connectivity index (χ1) is 11.0. The van der Waals surface area contributed by atoms with Crippen LogP contribution in [0.25, 0.3) is 0 Å². The SMILES string of the molecule is Cc1sc(NC(=O)C(C)(C)C)c(C(=O)OC2CC(C)OC2=O)c1C. The number of cyclic esters (lactones) is 1. The summed E-state index contributed by atoms with van der Waals surface area (Å²) in [6.07, 6.45) is -0.810. The Morgan fingerprint density at radius 3 is 2.42 bits per heavy atom. The van der Waals surface area contributed by atoms with Gasteiger partial charge in [-0.3, -0.25) is 4.79 Å². The van der Waals surface area contributed by atoms with Gasteiger partial charge in [0.25, 0.3) is 0 Å². The van der Waals surface area contributed by atoms with Crippen molar-refractivity contribution in [1.29, 1.82) is 0 Å². The molecule has 0 spiro atoms. The molecule has 2 atom stereocenters. The van der Waals surface area contributed by atoms with E-state index in [9.17, 15) is 14.4 Å². The highest BCUT2D eigenvalue weighted by atomic mass is 32.1. The van der Waals surface area contributed by atoms with E-state index in [1.165, 1.54) is 11.3 Å². The molecule has 1 N–H and O–H groups in total. The molecule has 2 rings (SSSR count). The van der Waals surface area contributed by atoms with Crippen molar-refractivity contribution < 1.29 is 23.9 Å². The molecular formula is C17H23NO5S. The fraction of sp³-hybridized carbons (Fsp3) is 0.588. The predicted octanol–water partition coefficient (Wildman–Crippen LogP) is 3.21. The number of ether oxygens (including phenoxy) is 2. The summed E-state index contributed by atoms with van der Waals surface area (Å²) in [5.74, 6) is -1.33. The number of hydrogen-bond acceptors (Lipinski definition) is 6. The number of aryl methyl sites for hydroxylation is 1. The van der Waals surface area contributed by atoms with Crippen molar-refractivity contribution in [3.8, 4) is 0 Å². The molecule has 1 aromatic heterocycles. The fourth-order valence-corrected chi connectivity index (χ4v) is 3.30. The van der Waals surface area contributed by atoms with E-state index in [0.29, 0.717) is 17.0 Å². The van der Waals surface area contributed by atoms with Crippen LogP contribution >= 0.6 is 11.3 Å². The Bertz CT molecular complexity index is 686. The zero-order valence-electron chi connectivity index (χ0n) is 14.8. The molecule has 0 bridgehead atoms. The van der Waals surface area contributed by atoms with Crippen LogP contribution in [0, 0.1) is 19.3 Å². The van der Waals surface area contributed by atoms with Crippen LogP contribution in [0.5, 0.6) is 0 Å². The molecule has 0 radical (unpaired) electrons. The third kappa shape index (κ3) is 3.77. The summed E-state index contributed by atoms with van der Waals surface area (Å²) in [6, 6.07) is 0. The summed E-state index contributed by atoms with van der Waals surface area (Å²) in [6.45, 7) is 10.8. The van der Waals surface area contributed by atoms with Gasteiger partial charge >= 0.3 is 11.9 Å². The lowest BCUT2D eigenvalue weighted by Gasteiger charge is -2.17. The Morgan fingerprint density at radius 1 is 1.29 bits per heavy atom. The molecule has 132 valence electrons. The lowest BCUT2D eigenvalue weighted by molar-refractivity contribution is -0.147. The molecule has 6 nitrogen and oxygen atoms in total. The molecule has 0 aromatic carbocycles. The third-order valence-corrected chi connectivity index (χ3v) is 5.00. The van der Waals surface area contributed by atoms with E-state index >= 15 is 0 Å². The molecule has 1 aliphatic rings. The van der Waals surface area contributed by atoms with Gasteiger partial charge in [-0.2, -0.15) is 0 Å². The van der Waals surface area contributed by atoms with Gasteiger partial charge in [0.2, 0.25) is 12.0 Å². The summed E-state index contributed by atoms with van der Waals surface area (Å²) in [5.41, 5.74) is 0.466. The average molecular weight is 353 g/mol. The van der Waals surface area contributed by atoms with Gasteiger partial charge in [0.15, 0.2) is 0 Å². The summed E-state index contributed by atoms with van der Waals surface area (Å²) in [5, 5.41) is 3.25. The minimum absolute atomic E-state index is 0.188. The smallest absolute Gasteiger partial charge is 0.347 e. The van der Waals surface area contributed by atoms with Crippen molar-refractivity contribution in [2.75, 3.05) is 5.32 Å². The number of amides is 1. The molecule has 0 aliphatic carbocycles. The molecule has 24 heavy (non-hydrogen) atoms. The lowest BCUT2D eigenvalue weighted by atomic mass is 9.96. The molecular weight excluding hydrogens is 330 g/mol. The molecule has 0 saturated carbocycles. The summed E-state index contributed by atoms with van der Waals surface area (Å²) in [4.78, 5) is 37.4. The summed E-state index contributed by atoms with van der Waals surface area (Å²) >= 11 is 1.32. The zero-order chi connectivity index (χ0) is 18.2. The van der Waals surface area contributed by atoms with Crippen LogP contribution in [0.4, 0.5) is 5.00 Å². The average Bonchev–Trinajstić information content (AvgIpc) is 2.89. The maximum atomic E-state index is 12.6. The van der Waals surface area contributed by atoms with Crippen LogP contribution in [0.2, 0.25) is 0 Å². The Balaban J connectivity index is 2.24. The fourth-order valence-electron chi connectivity index (χ4n) is 2.26. The van der Waals surface area contributed by atoms with Crippen molar-refractivity contribution >= 4 is 34.2 Å². The lowest BCUT2D eigenvalue weighted by Crippen LogP contribution is -2.28. The van der Waals surface area contributed by atoms with Crippen LogP contribution in [-0.4, -0.2) is 30.1 Å². The molecule has 1 amide bonds. The molecule has 2 heterocycles. The Hall–Kier alpha value is -1.89.